The van der Waals surface area contributed by atoms with Crippen molar-refractivity contribution in [3.05, 3.63) is 70.3 Å². The highest BCUT2D eigenvalue weighted by molar-refractivity contribution is 6.30. The number of hydrogen-bond acceptors (Lipinski definition) is 4. The molecule has 0 aliphatic carbocycles. The van der Waals surface area contributed by atoms with E-state index in [0.29, 0.717) is 22.5 Å². The summed E-state index contributed by atoms with van der Waals surface area (Å²) in [7, 11) is 0. The lowest BCUT2D eigenvalue weighted by Gasteiger charge is -2.11. The van der Waals surface area contributed by atoms with Crippen LogP contribution in [-0.2, 0) is 12.6 Å². The quantitative estimate of drug-likeness (QED) is 0.624. The molecule has 1 N–H and O–H groups in total. The molecule has 0 fully saturated rings. The number of nitrogens with zero attached hydrogens (tertiary/aromatic N) is 2. The average Bonchev–Trinajstić information content (AvgIpc) is 3.10. The summed E-state index contributed by atoms with van der Waals surface area (Å²) in [5.74, 6) is -2.10. The largest absolute Gasteiger partial charge is 0.419 e. The summed E-state index contributed by atoms with van der Waals surface area (Å²) in [6.07, 6.45) is -4.78. The molecule has 0 unspecified atom stereocenters. The minimum atomic E-state index is -4.89. The fraction of sp³-hybridized carbons (Fsp3) is 0.167. The molecule has 0 radical (unpaired) electrons. The number of aromatic nitrogens is 2. The molecule has 2 aromatic carbocycles. The van der Waals surface area contributed by atoms with Crippen molar-refractivity contribution in [2.45, 2.75) is 12.6 Å². The first-order valence-electron chi connectivity index (χ1n) is 7.98. The van der Waals surface area contributed by atoms with Gasteiger partial charge in [-0.2, -0.15) is 18.2 Å². The van der Waals surface area contributed by atoms with Crippen molar-refractivity contribution < 1.29 is 26.9 Å². The van der Waals surface area contributed by atoms with Crippen LogP contribution in [0.3, 0.4) is 0 Å². The zero-order valence-corrected chi connectivity index (χ0v) is 14.8. The Balaban J connectivity index is 1.62. The predicted octanol–water partition coefficient (Wildman–Crippen LogP) is 4.52. The van der Waals surface area contributed by atoms with Gasteiger partial charge in [-0.1, -0.05) is 35.0 Å². The maximum atomic E-state index is 14.0. The first-order chi connectivity index (χ1) is 13.3. The number of alkyl halides is 3. The molecule has 0 aliphatic heterocycles. The zero-order valence-electron chi connectivity index (χ0n) is 14.1. The van der Waals surface area contributed by atoms with E-state index in [-0.39, 0.29) is 18.9 Å². The molecule has 1 aromatic heterocycles. The molecule has 3 aromatic rings. The molecule has 0 bridgehead atoms. The standard InChI is InChI=1S/C18H12ClF4N3O2/c19-11-4-1-3-10(9-11)16-25-14(28-26-16)7-8-24-17(27)12-5-2-6-13(15(12)20)18(21,22)23/h1-6,9H,7-8H2,(H,24,27). The van der Waals surface area contributed by atoms with E-state index in [2.05, 4.69) is 15.5 Å². The van der Waals surface area contributed by atoms with Crippen molar-refractivity contribution in [3.63, 3.8) is 0 Å². The van der Waals surface area contributed by atoms with Gasteiger partial charge in [0.05, 0.1) is 11.1 Å². The van der Waals surface area contributed by atoms with Crippen molar-refractivity contribution in [2.75, 3.05) is 6.54 Å². The lowest BCUT2D eigenvalue weighted by molar-refractivity contribution is -0.140. The van der Waals surface area contributed by atoms with Gasteiger partial charge in [-0.25, -0.2) is 4.39 Å². The zero-order chi connectivity index (χ0) is 20.3. The number of benzene rings is 2. The van der Waals surface area contributed by atoms with Crippen LogP contribution in [0, 0.1) is 5.82 Å². The second-order valence-corrected chi connectivity index (χ2v) is 6.13. The monoisotopic (exact) mass is 413 g/mol. The van der Waals surface area contributed by atoms with E-state index in [0.717, 1.165) is 12.1 Å². The molecular weight excluding hydrogens is 402 g/mol. The summed E-state index contributed by atoms with van der Waals surface area (Å²) in [5.41, 5.74) is -1.55. The number of carbonyl (C=O) groups excluding carboxylic acids is 1. The Morgan fingerprint density at radius 1 is 1.18 bits per heavy atom. The van der Waals surface area contributed by atoms with Gasteiger partial charge in [0.15, 0.2) is 0 Å². The van der Waals surface area contributed by atoms with Gasteiger partial charge >= 0.3 is 6.18 Å². The second kappa shape index (κ2) is 7.97. The predicted molar refractivity (Wildman–Crippen MR) is 92.2 cm³/mol. The van der Waals surface area contributed by atoms with Gasteiger partial charge in [0, 0.05) is 23.6 Å². The minimum Gasteiger partial charge on any atom is -0.351 e. The first kappa shape index (κ1) is 19.8. The summed E-state index contributed by atoms with van der Waals surface area (Å²) in [4.78, 5) is 16.1. The van der Waals surface area contributed by atoms with Crippen LogP contribution in [0.5, 0.6) is 0 Å². The van der Waals surface area contributed by atoms with Crippen LogP contribution < -0.4 is 5.32 Å². The normalized spacial score (nSPS) is 11.5. The molecule has 0 atom stereocenters. The second-order valence-electron chi connectivity index (χ2n) is 5.69. The highest BCUT2D eigenvalue weighted by atomic mass is 35.5. The summed E-state index contributed by atoms with van der Waals surface area (Å²) in [6, 6.07) is 9.31. The Bertz CT molecular complexity index is 1000. The summed E-state index contributed by atoms with van der Waals surface area (Å²) < 4.78 is 57.2. The van der Waals surface area contributed by atoms with Crippen LogP contribution in [0.2, 0.25) is 5.02 Å². The smallest absolute Gasteiger partial charge is 0.351 e. The maximum Gasteiger partial charge on any atom is 0.419 e. The number of carbonyl (C=O) groups is 1. The highest BCUT2D eigenvalue weighted by Crippen LogP contribution is 2.32. The number of nitrogens with one attached hydrogen (secondary N) is 1. The van der Waals surface area contributed by atoms with Crippen LogP contribution in [0.15, 0.2) is 47.0 Å². The Morgan fingerprint density at radius 3 is 2.64 bits per heavy atom. The van der Waals surface area contributed by atoms with Crippen LogP contribution in [0.4, 0.5) is 17.6 Å². The van der Waals surface area contributed by atoms with Gasteiger partial charge in [-0.3, -0.25) is 4.79 Å². The Kier molecular flexibility index (Phi) is 5.64. The average molecular weight is 414 g/mol. The fourth-order valence-electron chi connectivity index (χ4n) is 2.41. The van der Waals surface area contributed by atoms with E-state index in [1.165, 1.54) is 0 Å². The lowest BCUT2D eigenvalue weighted by Crippen LogP contribution is -2.27. The van der Waals surface area contributed by atoms with Crippen LogP contribution in [0.25, 0.3) is 11.4 Å². The number of rotatable bonds is 5. The van der Waals surface area contributed by atoms with Gasteiger partial charge in [0.25, 0.3) is 5.91 Å². The van der Waals surface area contributed by atoms with Gasteiger partial charge in [0.1, 0.15) is 5.82 Å². The minimum absolute atomic E-state index is 0.0360. The molecule has 146 valence electrons. The van der Waals surface area contributed by atoms with Crippen molar-refractivity contribution in [1.82, 2.24) is 15.5 Å². The van der Waals surface area contributed by atoms with Gasteiger partial charge in [0.2, 0.25) is 11.7 Å². The molecule has 1 heterocycles. The number of hydrogen-bond donors (Lipinski definition) is 1. The molecule has 10 heteroatoms. The lowest BCUT2D eigenvalue weighted by atomic mass is 10.1. The highest BCUT2D eigenvalue weighted by Gasteiger charge is 2.35. The molecule has 0 aliphatic rings. The third-order valence-corrected chi connectivity index (χ3v) is 3.96. The Labute approximate surface area is 161 Å². The molecule has 0 saturated carbocycles. The van der Waals surface area contributed by atoms with Crippen molar-refractivity contribution in [3.8, 4) is 11.4 Å². The first-order valence-corrected chi connectivity index (χ1v) is 8.36. The maximum absolute atomic E-state index is 14.0. The van der Waals surface area contributed by atoms with Crippen molar-refractivity contribution in [1.29, 1.82) is 0 Å². The molecular formula is C18H12ClF4N3O2. The van der Waals surface area contributed by atoms with Gasteiger partial charge in [-0.05, 0) is 24.3 Å². The van der Waals surface area contributed by atoms with E-state index in [4.69, 9.17) is 16.1 Å². The van der Waals surface area contributed by atoms with Gasteiger partial charge in [-0.15, -0.1) is 0 Å². The Hall–Kier alpha value is -2.94. The SMILES string of the molecule is O=C(NCCc1nc(-c2cccc(Cl)c2)no1)c1cccc(C(F)(F)F)c1F. The molecule has 28 heavy (non-hydrogen) atoms. The van der Waals surface area contributed by atoms with Crippen molar-refractivity contribution in [2.24, 2.45) is 0 Å². The van der Waals surface area contributed by atoms with E-state index in [1.807, 2.05) is 0 Å². The topological polar surface area (TPSA) is 68.0 Å². The van der Waals surface area contributed by atoms with Gasteiger partial charge < -0.3 is 9.84 Å². The molecule has 1 amide bonds. The molecule has 0 spiro atoms. The number of halogens is 5. The third-order valence-electron chi connectivity index (χ3n) is 3.72. The molecule has 0 saturated heterocycles. The van der Waals surface area contributed by atoms with Crippen LogP contribution in [0.1, 0.15) is 21.8 Å². The van der Waals surface area contributed by atoms with Crippen LogP contribution >= 0.6 is 11.6 Å². The van der Waals surface area contributed by atoms with Crippen LogP contribution in [-0.4, -0.2) is 22.6 Å². The Morgan fingerprint density at radius 2 is 1.93 bits per heavy atom. The van der Waals surface area contributed by atoms with E-state index in [1.54, 1.807) is 24.3 Å². The summed E-state index contributed by atoms with van der Waals surface area (Å²) >= 11 is 5.90. The summed E-state index contributed by atoms with van der Waals surface area (Å²) in [6.45, 7) is -0.0360. The number of amides is 1. The third kappa shape index (κ3) is 4.48. The van der Waals surface area contributed by atoms with E-state index < -0.39 is 29.0 Å². The van der Waals surface area contributed by atoms with Crippen molar-refractivity contribution >= 4 is 17.5 Å². The van der Waals surface area contributed by atoms with E-state index in [9.17, 15) is 22.4 Å². The van der Waals surface area contributed by atoms with E-state index >= 15 is 0 Å². The molecule has 5 nitrogen and oxygen atoms in total. The summed E-state index contributed by atoms with van der Waals surface area (Å²) in [5, 5.41) is 6.62. The molecule has 3 rings (SSSR count). The fourth-order valence-corrected chi connectivity index (χ4v) is 2.60.